The molecule has 0 radical (unpaired) electrons. The minimum absolute atomic E-state index is 0.401. The predicted molar refractivity (Wildman–Crippen MR) is 93.0 cm³/mol. The van der Waals surface area contributed by atoms with Gasteiger partial charge in [-0.1, -0.05) is 30.4 Å². The lowest BCUT2D eigenvalue weighted by molar-refractivity contribution is 0.331. The smallest absolute Gasteiger partial charge is 0.124 e. The number of hydrogen-bond acceptors (Lipinski definition) is 3. The molecule has 5 heteroatoms. The molecule has 21 heavy (non-hydrogen) atoms. The van der Waals surface area contributed by atoms with E-state index in [4.69, 9.17) is 22.7 Å². The summed E-state index contributed by atoms with van der Waals surface area (Å²) in [6, 6.07) is 14.2. The largest absolute Gasteiger partial charge is 0.491 e. The van der Waals surface area contributed by atoms with Gasteiger partial charge in [-0.25, -0.2) is 0 Å². The third kappa shape index (κ3) is 3.04. The van der Waals surface area contributed by atoms with E-state index in [9.17, 15) is 0 Å². The minimum atomic E-state index is 0.401. The molecule has 1 aliphatic rings. The number of nitrogens with two attached hydrogens (primary N) is 1. The number of ether oxygens (including phenoxy) is 1. The van der Waals surface area contributed by atoms with E-state index in [1.165, 1.54) is 5.56 Å². The molecule has 0 bridgehead atoms. The monoisotopic (exact) mass is 362 g/mol. The zero-order chi connectivity index (χ0) is 14.8. The van der Waals surface area contributed by atoms with Crippen LogP contribution in [0, 0.1) is 0 Å². The van der Waals surface area contributed by atoms with Gasteiger partial charge in [0.05, 0.1) is 6.54 Å². The Morgan fingerprint density at radius 1 is 1.24 bits per heavy atom. The van der Waals surface area contributed by atoms with Crippen LogP contribution in [0.2, 0.25) is 0 Å². The lowest BCUT2D eigenvalue weighted by Gasteiger charge is -2.23. The van der Waals surface area contributed by atoms with Crippen molar-refractivity contribution in [2.24, 2.45) is 5.73 Å². The summed E-state index contributed by atoms with van der Waals surface area (Å²) < 4.78 is 6.72. The molecule has 2 N–H and O–H groups in total. The molecule has 3 rings (SSSR count). The van der Waals surface area contributed by atoms with Crippen molar-refractivity contribution in [2.45, 2.75) is 6.54 Å². The normalized spacial score (nSPS) is 14.0. The second-order valence-corrected chi connectivity index (χ2v) is 6.20. The summed E-state index contributed by atoms with van der Waals surface area (Å²) in [4.78, 5) is 2.69. The van der Waals surface area contributed by atoms with Crippen LogP contribution in [-0.4, -0.2) is 18.1 Å². The second kappa shape index (κ2) is 6.03. The third-order valence-corrected chi connectivity index (χ3v) is 4.41. The molecule has 0 fully saturated rings. The summed E-state index contributed by atoms with van der Waals surface area (Å²) in [5, 5.41) is 0. The van der Waals surface area contributed by atoms with Crippen LogP contribution >= 0.6 is 28.1 Å². The van der Waals surface area contributed by atoms with E-state index in [1.54, 1.807) is 0 Å². The Bertz CT molecular complexity index is 690. The minimum Gasteiger partial charge on any atom is -0.491 e. The average molecular weight is 363 g/mol. The van der Waals surface area contributed by atoms with E-state index in [0.717, 1.165) is 34.6 Å². The number of benzene rings is 2. The van der Waals surface area contributed by atoms with Crippen LogP contribution in [-0.2, 0) is 6.54 Å². The maximum atomic E-state index is 5.80. The SMILES string of the molecule is NC(=S)c1ccc(N2CCOc3ccccc3C2)cc1Br. The van der Waals surface area contributed by atoms with Crippen LogP contribution in [0.15, 0.2) is 46.9 Å². The zero-order valence-corrected chi connectivity index (χ0v) is 13.8. The number of fused-ring (bicyclic) bond motifs is 1. The highest BCUT2D eigenvalue weighted by molar-refractivity contribution is 9.10. The molecule has 0 atom stereocenters. The van der Waals surface area contributed by atoms with E-state index < -0.39 is 0 Å². The van der Waals surface area contributed by atoms with Gasteiger partial charge in [-0.2, -0.15) is 0 Å². The standard InChI is InChI=1S/C16H15BrN2OS/c17-14-9-12(5-6-13(14)16(18)21)19-7-8-20-15-4-2-1-3-11(15)10-19/h1-6,9H,7-8,10H2,(H2,18,21). The molecule has 0 amide bonds. The van der Waals surface area contributed by atoms with Crippen molar-refractivity contribution in [1.29, 1.82) is 0 Å². The second-order valence-electron chi connectivity index (χ2n) is 4.91. The van der Waals surface area contributed by atoms with Gasteiger partial charge in [0.2, 0.25) is 0 Å². The van der Waals surface area contributed by atoms with Crippen molar-refractivity contribution in [1.82, 2.24) is 0 Å². The molecule has 1 heterocycles. The van der Waals surface area contributed by atoms with E-state index in [0.29, 0.717) is 11.6 Å². The Morgan fingerprint density at radius 2 is 2.05 bits per heavy atom. The summed E-state index contributed by atoms with van der Waals surface area (Å²) in [6.45, 7) is 2.34. The maximum absolute atomic E-state index is 5.80. The number of hydrogen-bond donors (Lipinski definition) is 1. The first-order valence-electron chi connectivity index (χ1n) is 6.70. The first-order chi connectivity index (χ1) is 10.1. The molecule has 0 aliphatic carbocycles. The fourth-order valence-electron chi connectivity index (χ4n) is 2.45. The number of anilines is 1. The molecular weight excluding hydrogens is 348 g/mol. The highest BCUT2D eigenvalue weighted by Crippen LogP contribution is 2.29. The van der Waals surface area contributed by atoms with Crippen LogP contribution in [0.25, 0.3) is 0 Å². The Balaban J connectivity index is 1.91. The first-order valence-corrected chi connectivity index (χ1v) is 7.90. The highest BCUT2D eigenvalue weighted by atomic mass is 79.9. The molecule has 3 nitrogen and oxygen atoms in total. The van der Waals surface area contributed by atoms with Crippen LogP contribution in [0.3, 0.4) is 0 Å². The number of halogens is 1. The number of para-hydroxylation sites is 1. The van der Waals surface area contributed by atoms with E-state index >= 15 is 0 Å². The van der Waals surface area contributed by atoms with E-state index in [2.05, 4.69) is 33.0 Å². The topological polar surface area (TPSA) is 38.5 Å². The van der Waals surface area contributed by atoms with Gasteiger partial charge in [0.25, 0.3) is 0 Å². The molecular formula is C16H15BrN2OS. The molecule has 108 valence electrons. The van der Waals surface area contributed by atoms with Crippen LogP contribution in [0.4, 0.5) is 5.69 Å². The highest BCUT2D eigenvalue weighted by Gasteiger charge is 2.16. The molecule has 0 aromatic heterocycles. The summed E-state index contributed by atoms with van der Waals surface area (Å²) in [5.74, 6) is 0.971. The van der Waals surface area contributed by atoms with Gasteiger partial charge in [0.15, 0.2) is 0 Å². The average Bonchev–Trinajstić information content (AvgIpc) is 2.68. The first kappa shape index (κ1) is 14.4. The molecule has 0 saturated carbocycles. The van der Waals surface area contributed by atoms with E-state index in [1.807, 2.05) is 30.3 Å². The lowest BCUT2D eigenvalue weighted by atomic mass is 10.1. The van der Waals surface area contributed by atoms with Crippen molar-refractivity contribution in [2.75, 3.05) is 18.1 Å². The van der Waals surface area contributed by atoms with Gasteiger partial charge < -0.3 is 15.4 Å². The predicted octanol–water partition coefficient (Wildman–Crippen LogP) is 3.48. The summed E-state index contributed by atoms with van der Waals surface area (Å²) in [5.41, 5.74) is 8.89. The number of thiocarbonyl (C=S) groups is 1. The van der Waals surface area contributed by atoms with Crippen LogP contribution in [0.5, 0.6) is 5.75 Å². The summed E-state index contributed by atoms with van der Waals surface area (Å²) in [7, 11) is 0. The summed E-state index contributed by atoms with van der Waals surface area (Å²) in [6.07, 6.45) is 0. The van der Waals surface area contributed by atoms with Crippen molar-refractivity contribution < 1.29 is 4.74 Å². The Hall–Kier alpha value is -1.59. The van der Waals surface area contributed by atoms with Crippen LogP contribution in [0.1, 0.15) is 11.1 Å². The lowest BCUT2D eigenvalue weighted by Crippen LogP contribution is -2.25. The van der Waals surface area contributed by atoms with Gasteiger partial charge in [-0.15, -0.1) is 0 Å². The van der Waals surface area contributed by atoms with Crippen molar-refractivity contribution in [3.8, 4) is 5.75 Å². The van der Waals surface area contributed by atoms with E-state index in [-0.39, 0.29) is 0 Å². The molecule has 0 saturated heterocycles. The van der Waals surface area contributed by atoms with Gasteiger partial charge in [-0.05, 0) is 40.2 Å². The number of rotatable bonds is 2. The fraction of sp³-hybridized carbons (Fsp3) is 0.188. The van der Waals surface area contributed by atoms with Crippen molar-refractivity contribution >= 4 is 38.8 Å². The Morgan fingerprint density at radius 3 is 2.81 bits per heavy atom. The molecule has 1 aliphatic heterocycles. The fourth-order valence-corrected chi connectivity index (χ4v) is 3.34. The maximum Gasteiger partial charge on any atom is 0.124 e. The van der Waals surface area contributed by atoms with Crippen LogP contribution < -0.4 is 15.4 Å². The van der Waals surface area contributed by atoms with Crippen molar-refractivity contribution in [3.63, 3.8) is 0 Å². The molecule has 0 unspecified atom stereocenters. The van der Waals surface area contributed by atoms with Gasteiger partial charge in [0, 0.05) is 27.8 Å². The number of nitrogens with zero attached hydrogens (tertiary/aromatic N) is 1. The van der Waals surface area contributed by atoms with Gasteiger partial charge in [-0.3, -0.25) is 0 Å². The quantitative estimate of drug-likeness (QED) is 0.830. The molecule has 2 aromatic carbocycles. The molecule has 2 aromatic rings. The van der Waals surface area contributed by atoms with Gasteiger partial charge >= 0.3 is 0 Å². The molecule has 0 spiro atoms. The Kier molecular flexibility index (Phi) is 4.12. The van der Waals surface area contributed by atoms with Gasteiger partial charge in [0.1, 0.15) is 17.3 Å². The summed E-state index contributed by atoms with van der Waals surface area (Å²) >= 11 is 8.58. The van der Waals surface area contributed by atoms with Crippen molar-refractivity contribution in [3.05, 3.63) is 58.1 Å². The zero-order valence-electron chi connectivity index (χ0n) is 11.4. The third-order valence-electron chi connectivity index (χ3n) is 3.54. The Labute approximate surface area is 137 Å².